The van der Waals surface area contributed by atoms with Crippen LogP contribution in [0.15, 0.2) is 42.6 Å². The van der Waals surface area contributed by atoms with Crippen LogP contribution in [-0.4, -0.2) is 15.0 Å². The van der Waals surface area contributed by atoms with E-state index in [9.17, 15) is 15.2 Å². The molecule has 0 fully saturated rings. The molecule has 1 aromatic heterocycles. The van der Waals surface area contributed by atoms with Gasteiger partial charge in [0.2, 0.25) is 0 Å². The van der Waals surface area contributed by atoms with Gasteiger partial charge in [0.15, 0.2) is 0 Å². The summed E-state index contributed by atoms with van der Waals surface area (Å²) in [5.41, 5.74) is 0. The highest BCUT2D eigenvalue weighted by Crippen LogP contribution is 2.32. The monoisotopic (exact) mass is 288 g/mol. The van der Waals surface area contributed by atoms with Crippen molar-refractivity contribution in [2.45, 2.75) is 0 Å². The zero-order valence-corrected chi connectivity index (χ0v) is 10.8. The average Bonchev–Trinajstić information content (AvgIpc) is 2.87. The van der Waals surface area contributed by atoms with Crippen LogP contribution in [0.5, 0.6) is 16.7 Å². The molecule has 0 aliphatic rings. The predicted octanol–water partition coefficient (Wildman–Crippen LogP) is 3.70. The van der Waals surface area contributed by atoms with Gasteiger partial charge in [0, 0.05) is 0 Å². The molecule has 0 bridgehead atoms. The summed E-state index contributed by atoms with van der Waals surface area (Å²) in [5, 5.41) is 21.9. The second-order valence-electron chi connectivity index (χ2n) is 4.02. The number of benzene rings is 2. The molecule has 0 saturated carbocycles. The molecule has 0 aliphatic carbocycles. The maximum Gasteiger partial charge on any atom is 0.347 e. The minimum atomic E-state index is -0.511. The van der Waals surface area contributed by atoms with Gasteiger partial charge < -0.3 is 9.84 Å². The van der Waals surface area contributed by atoms with Gasteiger partial charge in [-0.05, 0) is 46.4 Å². The minimum absolute atomic E-state index is 0.0709. The van der Waals surface area contributed by atoms with Gasteiger partial charge in [0.1, 0.15) is 17.7 Å². The summed E-state index contributed by atoms with van der Waals surface area (Å²) in [5.74, 6) is 0.673. The van der Waals surface area contributed by atoms with Crippen LogP contribution in [0.2, 0.25) is 0 Å². The molecular weight excluding hydrogens is 280 g/mol. The van der Waals surface area contributed by atoms with Crippen molar-refractivity contribution in [1.82, 2.24) is 4.98 Å². The molecule has 7 heteroatoms. The summed E-state index contributed by atoms with van der Waals surface area (Å²) in [6.07, 6.45) is 1.16. The van der Waals surface area contributed by atoms with E-state index in [1.807, 2.05) is 6.07 Å². The van der Waals surface area contributed by atoms with E-state index in [4.69, 9.17) is 4.74 Å². The van der Waals surface area contributed by atoms with E-state index in [-0.39, 0.29) is 15.9 Å². The summed E-state index contributed by atoms with van der Waals surface area (Å²) in [6.45, 7) is 0. The smallest absolute Gasteiger partial charge is 0.347 e. The molecule has 100 valence electrons. The molecule has 20 heavy (non-hydrogen) atoms. The Hall–Kier alpha value is -2.67. The van der Waals surface area contributed by atoms with E-state index in [1.54, 1.807) is 30.3 Å². The Labute approximate surface area is 117 Å². The summed E-state index contributed by atoms with van der Waals surface area (Å²) >= 11 is 0.863. The van der Waals surface area contributed by atoms with Crippen molar-refractivity contribution < 1.29 is 14.8 Å². The second kappa shape index (κ2) is 4.78. The molecule has 0 spiro atoms. The number of nitro groups is 1. The SMILES string of the molecule is O=[N+]([O-])c1cnc(Oc2ccc3ccc(O)cc3c2)s1. The van der Waals surface area contributed by atoms with Gasteiger partial charge >= 0.3 is 5.00 Å². The Morgan fingerprint density at radius 3 is 2.75 bits per heavy atom. The number of ether oxygens (including phenoxy) is 1. The number of thiazole rings is 1. The Balaban J connectivity index is 1.91. The lowest BCUT2D eigenvalue weighted by Gasteiger charge is -2.03. The molecule has 0 atom stereocenters. The van der Waals surface area contributed by atoms with E-state index in [0.717, 1.165) is 28.3 Å². The minimum Gasteiger partial charge on any atom is -0.508 e. The largest absolute Gasteiger partial charge is 0.508 e. The van der Waals surface area contributed by atoms with Gasteiger partial charge in [0.05, 0.1) is 4.92 Å². The van der Waals surface area contributed by atoms with E-state index < -0.39 is 4.92 Å². The molecule has 6 nitrogen and oxygen atoms in total. The van der Waals surface area contributed by atoms with Crippen molar-refractivity contribution in [1.29, 1.82) is 0 Å². The highest BCUT2D eigenvalue weighted by atomic mass is 32.1. The van der Waals surface area contributed by atoms with Gasteiger partial charge in [-0.15, -0.1) is 0 Å². The maximum absolute atomic E-state index is 10.6. The fraction of sp³-hybridized carbons (Fsp3) is 0. The first kappa shape index (κ1) is 12.4. The van der Waals surface area contributed by atoms with Crippen LogP contribution < -0.4 is 4.74 Å². The van der Waals surface area contributed by atoms with Crippen molar-refractivity contribution in [2.75, 3.05) is 0 Å². The van der Waals surface area contributed by atoms with Crippen molar-refractivity contribution in [2.24, 2.45) is 0 Å². The molecule has 3 aromatic rings. The molecule has 0 aliphatic heterocycles. The molecule has 3 rings (SSSR count). The number of aromatic hydroxyl groups is 1. The number of phenols is 1. The third kappa shape index (κ3) is 2.39. The highest BCUT2D eigenvalue weighted by molar-refractivity contribution is 7.16. The zero-order chi connectivity index (χ0) is 14.1. The van der Waals surface area contributed by atoms with Gasteiger partial charge in [-0.3, -0.25) is 10.1 Å². The van der Waals surface area contributed by atoms with E-state index in [1.165, 1.54) is 0 Å². The number of hydrogen-bond donors (Lipinski definition) is 1. The number of nitrogens with zero attached hydrogens (tertiary/aromatic N) is 2. The summed E-state index contributed by atoms with van der Waals surface area (Å²) in [6, 6.07) is 10.3. The lowest BCUT2D eigenvalue weighted by atomic mass is 10.1. The molecule has 0 unspecified atom stereocenters. The molecule has 0 saturated heterocycles. The van der Waals surface area contributed by atoms with Crippen LogP contribution >= 0.6 is 11.3 Å². The van der Waals surface area contributed by atoms with Gasteiger partial charge in [0.25, 0.3) is 5.19 Å². The maximum atomic E-state index is 10.6. The van der Waals surface area contributed by atoms with Crippen LogP contribution in [0.25, 0.3) is 10.8 Å². The molecular formula is C13H8N2O4S. The van der Waals surface area contributed by atoms with Crippen molar-refractivity contribution in [3.8, 4) is 16.7 Å². The highest BCUT2D eigenvalue weighted by Gasteiger charge is 2.13. The Kier molecular flexibility index (Phi) is 2.96. The Morgan fingerprint density at radius 2 is 2.00 bits per heavy atom. The Morgan fingerprint density at radius 1 is 1.20 bits per heavy atom. The normalized spacial score (nSPS) is 10.6. The van der Waals surface area contributed by atoms with E-state index in [2.05, 4.69) is 4.98 Å². The van der Waals surface area contributed by atoms with Crippen molar-refractivity contribution in [3.63, 3.8) is 0 Å². The van der Waals surface area contributed by atoms with Gasteiger partial charge in [-0.2, -0.15) is 0 Å². The fourth-order valence-corrected chi connectivity index (χ4v) is 2.36. The first-order valence-electron chi connectivity index (χ1n) is 5.63. The van der Waals surface area contributed by atoms with Crippen LogP contribution in [0, 0.1) is 10.1 Å². The summed E-state index contributed by atoms with van der Waals surface area (Å²) in [4.78, 5) is 13.9. The third-order valence-electron chi connectivity index (χ3n) is 2.65. The Bertz CT molecular complexity index is 800. The molecule has 0 radical (unpaired) electrons. The van der Waals surface area contributed by atoms with Crippen LogP contribution in [0.3, 0.4) is 0 Å². The number of phenolic OH excluding ortho intramolecular Hbond substituents is 1. The first-order chi connectivity index (χ1) is 9.61. The van der Waals surface area contributed by atoms with Crippen molar-refractivity contribution in [3.05, 3.63) is 52.7 Å². The zero-order valence-electron chi connectivity index (χ0n) is 10.0. The van der Waals surface area contributed by atoms with Gasteiger partial charge in [-0.1, -0.05) is 12.1 Å². The van der Waals surface area contributed by atoms with Crippen molar-refractivity contribution >= 4 is 27.1 Å². The lowest BCUT2D eigenvalue weighted by Crippen LogP contribution is -1.83. The number of aromatic nitrogens is 1. The number of rotatable bonds is 3. The summed E-state index contributed by atoms with van der Waals surface area (Å²) < 4.78 is 5.48. The molecule has 0 amide bonds. The summed E-state index contributed by atoms with van der Waals surface area (Å²) in [7, 11) is 0. The van der Waals surface area contributed by atoms with Crippen LogP contribution in [-0.2, 0) is 0 Å². The fourth-order valence-electron chi connectivity index (χ4n) is 1.76. The average molecular weight is 288 g/mol. The van der Waals surface area contributed by atoms with Crippen LogP contribution in [0.4, 0.5) is 5.00 Å². The number of hydrogen-bond acceptors (Lipinski definition) is 6. The molecule has 2 aromatic carbocycles. The standard InChI is InChI=1S/C13H8N2O4S/c16-10-3-1-8-2-4-11(6-9(8)5-10)19-13-14-7-12(20-13)15(17)18/h1-7,16H. The quantitative estimate of drug-likeness (QED) is 0.586. The second-order valence-corrected chi connectivity index (χ2v) is 4.99. The van der Waals surface area contributed by atoms with Crippen LogP contribution in [0.1, 0.15) is 0 Å². The van der Waals surface area contributed by atoms with E-state index >= 15 is 0 Å². The molecule has 1 heterocycles. The molecule has 1 N–H and O–H groups in total. The number of fused-ring (bicyclic) bond motifs is 1. The topological polar surface area (TPSA) is 85.5 Å². The predicted molar refractivity (Wildman–Crippen MR) is 74.5 cm³/mol. The first-order valence-corrected chi connectivity index (χ1v) is 6.44. The van der Waals surface area contributed by atoms with Gasteiger partial charge in [-0.25, -0.2) is 4.98 Å². The lowest BCUT2D eigenvalue weighted by molar-refractivity contribution is -0.380. The van der Waals surface area contributed by atoms with E-state index in [0.29, 0.717) is 5.75 Å². The third-order valence-corrected chi connectivity index (χ3v) is 3.48.